The molecule has 0 amide bonds. The van der Waals surface area contributed by atoms with E-state index < -0.39 is 5.97 Å². The van der Waals surface area contributed by atoms with Crippen molar-refractivity contribution >= 4 is 5.97 Å². The molecule has 2 aromatic heterocycles. The number of nitrogens with zero attached hydrogens (tertiary/aromatic N) is 4. The molecule has 1 N–H and O–H groups in total. The number of aryl methyl sites for hydroxylation is 2. The molecule has 0 aliphatic heterocycles. The van der Waals surface area contributed by atoms with Gasteiger partial charge in [-0.1, -0.05) is 69.7 Å². The third kappa shape index (κ3) is 6.06. The van der Waals surface area contributed by atoms with E-state index in [0.29, 0.717) is 12.1 Å². The van der Waals surface area contributed by atoms with Crippen molar-refractivity contribution in [3.05, 3.63) is 65.4 Å². The van der Waals surface area contributed by atoms with E-state index >= 15 is 0 Å². The highest BCUT2D eigenvalue weighted by atomic mass is 16.4. The van der Waals surface area contributed by atoms with Crippen LogP contribution in [0.25, 0.3) is 11.3 Å². The number of hydrogen-bond donors (Lipinski definition) is 1. The molecule has 1 saturated carbocycles. The Morgan fingerprint density at radius 3 is 2.64 bits per heavy atom. The second-order valence-corrected chi connectivity index (χ2v) is 9.14. The lowest BCUT2D eigenvalue weighted by atomic mass is 9.86. The average Bonchev–Trinajstić information content (AvgIpc) is 3.24. The van der Waals surface area contributed by atoms with Crippen LogP contribution in [-0.4, -0.2) is 30.8 Å². The van der Waals surface area contributed by atoms with Gasteiger partial charge in [-0.25, -0.2) is 14.5 Å². The van der Waals surface area contributed by atoms with Gasteiger partial charge in [0.25, 0.3) is 0 Å². The summed E-state index contributed by atoms with van der Waals surface area (Å²) in [6.45, 7) is 3.10. The van der Waals surface area contributed by atoms with E-state index in [1.807, 2.05) is 24.3 Å². The van der Waals surface area contributed by atoms with Crippen LogP contribution in [0, 0.1) is 5.92 Å². The van der Waals surface area contributed by atoms with Gasteiger partial charge in [-0.3, -0.25) is 4.98 Å². The molecule has 4 rings (SSSR count). The van der Waals surface area contributed by atoms with Crippen LogP contribution in [0.15, 0.2) is 42.6 Å². The molecule has 2 heterocycles. The molecule has 0 bridgehead atoms. The van der Waals surface area contributed by atoms with Gasteiger partial charge in [-0.2, -0.15) is 5.10 Å². The minimum absolute atomic E-state index is 0.215. The molecular weight excluding hydrogens is 412 g/mol. The molecule has 0 unspecified atom stereocenters. The molecule has 0 spiro atoms. The number of benzene rings is 1. The number of unbranched alkanes of at least 4 members (excludes halogenated alkanes) is 1. The minimum atomic E-state index is -0.966. The normalized spacial score (nSPS) is 14.5. The van der Waals surface area contributed by atoms with Gasteiger partial charge in [0.2, 0.25) is 0 Å². The monoisotopic (exact) mass is 446 g/mol. The van der Waals surface area contributed by atoms with E-state index in [0.717, 1.165) is 54.5 Å². The fourth-order valence-electron chi connectivity index (χ4n) is 4.73. The van der Waals surface area contributed by atoms with Gasteiger partial charge < -0.3 is 5.11 Å². The second-order valence-electron chi connectivity index (χ2n) is 9.14. The zero-order valence-electron chi connectivity index (χ0n) is 19.5. The first-order valence-corrected chi connectivity index (χ1v) is 12.3. The maximum Gasteiger partial charge on any atom is 0.337 e. The Balaban J connectivity index is 1.48. The highest BCUT2D eigenvalue weighted by Gasteiger charge is 2.17. The van der Waals surface area contributed by atoms with E-state index in [-0.39, 0.29) is 5.56 Å². The summed E-state index contributed by atoms with van der Waals surface area (Å²) < 4.78 is 2.09. The van der Waals surface area contributed by atoms with Crippen LogP contribution >= 0.6 is 0 Å². The van der Waals surface area contributed by atoms with Crippen molar-refractivity contribution in [3.63, 3.8) is 0 Å². The van der Waals surface area contributed by atoms with E-state index in [9.17, 15) is 9.90 Å². The smallest absolute Gasteiger partial charge is 0.337 e. The molecular formula is C27H34N4O2. The average molecular weight is 447 g/mol. The molecule has 6 nitrogen and oxygen atoms in total. The van der Waals surface area contributed by atoms with E-state index in [1.54, 1.807) is 18.3 Å². The van der Waals surface area contributed by atoms with Crippen molar-refractivity contribution in [1.82, 2.24) is 19.7 Å². The minimum Gasteiger partial charge on any atom is -0.478 e. The molecule has 174 valence electrons. The van der Waals surface area contributed by atoms with Crippen LogP contribution in [0.2, 0.25) is 0 Å². The maximum absolute atomic E-state index is 11.5. The summed E-state index contributed by atoms with van der Waals surface area (Å²) in [7, 11) is 0. The fourth-order valence-corrected chi connectivity index (χ4v) is 4.73. The molecule has 0 radical (unpaired) electrons. The zero-order valence-corrected chi connectivity index (χ0v) is 19.5. The number of carboxylic acid groups (broad SMARTS) is 1. The van der Waals surface area contributed by atoms with E-state index in [2.05, 4.69) is 16.6 Å². The van der Waals surface area contributed by atoms with Crippen molar-refractivity contribution < 1.29 is 9.90 Å². The van der Waals surface area contributed by atoms with Crippen LogP contribution in [0.4, 0.5) is 0 Å². The zero-order chi connectivity index (χ0) is 23.0. The maximum atomic E-state index is 11.5. The summed E-state index contributed by atoms with van der Waals surface area (Å²) >= 11 is 0. The van der Waals surface area contributed by atoms with Crippen molar-refractivity contribution in [2.24, 2.45) is 5.92 Å². The van der Waals surface area contributed by atoms with Gasteiger partial charge in [0.15, 0.2) is 5.82 Å². The van der Waals surface area contributed by atoms with Crippen LogP contribution in [0.5, 0.6) is 0 Å². The number of pyridine rings is 1. The van der Waals surface area contributed by atoms with Gasteiger partial charge in [0, 0.05) is 31.1 Å². The molecule has 1 fully saturated rings. The lowest BCUT2D eigenvalue weighted by molar-refractivity contribution is 0.0697. The SMILES string of the molecule is CCCCn1nc(CCC2CCCCC2)nc1Cc1ccc(-c2ncccc2C(=O)O)cc1. The molecule has 0 atom stereocenters. The first-order chi connectivity index (χ1) is 16.1. The number of hydrogen-bond acceptors (Lipinski definition) is 4. The Hall–Kier alpha value is -3.02. The second kappa shape index (κ2) is 11.2. The number of aromatic carboxylic acids is 1. The highest BCUT2D eigenvalue weighted by Crippen LogP contribution is 2.27. The Morgan fingerprint density at radius 1 is 1.12 bits per heavy atom. The van der Waals surface area contributed by atoms with Crippen LogP contribution < -0.4 is 0 Å². The van der Waals surface area contributed by atoms with Crippen LogP contribution in [0.1, 0.15) is 85.9 Å². The van der Waals surface area contributed by atoms with Crippen molar-refractivity contribution in [1.29, 1.82) is 0 Å². The van der Waals surface area contributed by atoms with Gasteiger partial charge in [0.1, 0.15) is 5.82 Å². The Kier molecular flexibility index (Phi) is 7.87. The molecule has 1 aromatic carbocycles. The lowest BCUT2D eigenvalue weighted by Gasteiger charge is -2.20. The highest BCUT2D eigenvalue weighted by molar-refractivity contribution is 5.94. The third-order valence-corrected chi connectivity index (χ3v) is 6.64. The summed E-state index contributed by atoms with van der Waals surface area (Å²) in [5.74, 6) is 1.85. The summed E-state index contributed by atoms with van der Waals surface area (Å²) in [5.41, 5.74) is 2.65. The fraction of sp³-hybridized carbons (Fsp3) is 0.481. The predicted molar refractivity (Wildman–Crippen MR) is 129 cm³/mol. The Labute approximate surface area is 196 Å². The lowest BCUT2D eigenvalue weighted by Crippen LogP contribution is -2.08. The largest absolute Gasteiger partial charge is 0.478 e. The van der Waals surface area contributed by atoms with Gasteiger partial charge in [0.05, 0.1) is 11.3 Å². The standard InChI is InChI=1S/C27H34N4O2/c1-2-3-18-31-25(29-24(30-31)16-13-20-8-5-4-6-9-20)19-21-11-14-22(15-12-21)26-23(27(32)33)10-7-17-28-26/h7,10-12,14-15,17,20H,2-6,8-9,13,16,18-19H2,1H3,(H,32,33). The van der Waals surface area contributed by atoms with Gasteiger partial charge in [-0.05, 0) is 36.5 Å². The first-order valence-electron chi connectivity index (χ1n) is 12.3. The topological polar surface area (TPSA) is 80.9 Å². The molecule has 3 aromatic rings. The van der Waals surface area contributed by atoms with Crippen LogP contribution in [-0.2, 0) is 19.4 Å². The van der Waals surface area contributed by atoms with Gasteiger partial charge >= 0.3 is 5.97 Å². The number of carbonyl (C=O) groups is 1. The van der Waals surface area contributed by atoms with Crippen molar-refractivity contribution in [2.75, 3.05) is 0 Å². The third-order valence-electron chi connectivity index (χ3n) is 6.64. The Bertz CT molecular complexity index is 1050. The molecule has 1 aliphatic carbocycles. The molecule has 1 aliphatic rings. The first kappa shape index (κ1) is 23.1. The number of rotatable bonds is 10. The molecule has 33 heavy (non-hydrogen) atoms. The summed E-state index contributed by atoms with van der Waals surface area (Å²) in [4.78, 5) is 20.7. The molecule has 0 saturated heterocycles. The van der Waals surface area contributed by atoms with Crippen LogP contribution in [0.3, 0.4) is 0 Å². The summed E-state index contributed by atoms with van der Waals surface area (Å²) in [6.07, 6.45) is 13.6. The van der Waals surface area contributed by atoms with E-state index in [4.69, 9.17) is 10.1 Å². The number of aromatic nitrogens is 4. The quantitative estimate of drug-likeness (QED) is 0.417. The van der Waals surface area contributed by atoms with Gasteiger partial charge in [-0.15, -0.1) is 0 Å². The Morgan fingerprint density at radius 2 is 1.91 bits per heavy atom. The van der Waals surface area contributed by atoms with Crippen molar-refractivity contribution in [2.45, 2.75) is 77.7 Å². The predicted octanol–water partition coefficient (Wildman–Crippen LogP) is 5.94. The summed E-state index contributed by atoms with van der Waals surface area (Å²) in [5, 5.41) is 14.3. The van der Waals surface area contributed by atoms with Crippen molar-refractivity contribution in [3.8, 4) is 11.3 Å². The molecule has 6 heteroatoms. The number of carboxylic acids is 1. The van der Waals surface area contributed by atoms with E-state index in [1.165, 1.54) is 38.5 Å². The summed E-state index contributed by atoms with van der Waals surface area (Å²) in [6, 6.07) is 11.2.